The Balaban J connectivity index is 2.04. The number of hydrogen-bond donors (Lipinski definition) is 2. The maximum Gasteiger partial charge on any atom is 0.418 e. The number of pyridine rings is 1. The number of rotatable bonds is 8. The van der Waals surface area contributed by atoms with Crippen LogP contribution < -0.4 is 5.32 Å². The molecule has 1 heterocycles. The highest BCUT2D eigenvalue weighted by Gasteiger charge is 2.34. The van der Waals surface area contributed by atoms with E-state index in [9.17, 15) is 18.3 Å². The maximum atomic E-state index is 13.6. The van der Waals surface area contributed by atoms with E-state index in [1.807, 2.05) is 12.1 Å². The molecule has 0 aliphatic rings. The lowest BCUT2D eigenvalue weighted by Crippen LogP contribution is -2.23. The third-order valence-corrected chi connectivity index (χ3v) is 5.18. The fraction of sp³-hybridized carbons (Fsp3) is 0.348. The first-order chi connectivity index (χ1) is 14.3. The number of aromatic nitrogens is 1. The van der Waals surface area contributed by atoms with Crippen molar-refractivity contribution in [2.45, 2.75) is 38.5 Å². The highest BCUT2D eigenvalue weighted by atomic mass is 35.5. The van der Waals surface area contributed by atoms with Gasteiger partial charge in [0.15, 0.2) is 0 Å². The fourth-order valence-corrected chi connectivity index (χ4v) is 3.51. The molecule has 0 saturated carbocycles. The summed E-state index contributed by atoms with van der Waals surface area (Å²) >= 11 is 5.92. The SMILES string of the molecule is CCCCNCC(O)c1cc(Cc2ccc(Cl)cc2)nc2c(C(F)(F)F)cccc12. The number of benzene rings is 2. The minimum Gasteiger partial charge on any atom is -0.387 e. The van der Waals surface area contributed by atoms with Crippen LogP contribution in [-0.4, -0.2) is 23.2 Å². The predicted molar refractivity (Wildman–Crippen MR) is 114 cm³/mol. The van der Waals surface area contributed by atoms with Gasteiger partial charge < -0.3 is 10.4 Å². The molecule has 0 spiro atoms. The molecule has 0 aliphatic heterocycles. The zero-order valence-corrected chi connectivity index (χ0v) is 17.4. The predicted octanol–water partition coefficient (Wildman–Crippen LogP) is 5.92. The molecule has 0 fully saturated rings. The van der Waals surface area contributed by atoms with Crippen LogP contribution in [0, 0.1) is 0 Å². The van der Waals surface area contributed by atoms with Crippen LogP contribution in [0.1, 0.15) is 48.3 Å². The lowest BCUT2D eigenvalue weighted by molar-refractivity contribution is -0.136. The summed E-state index contributed by atoms with van der Waals surface area (Å²) in [5.41, 5.74) is 0.838. The van der Waals surface area contributed by atoms with Crippen molar-refractivity contribution in [2.75, 3.05) is 13.1 Å². The number of nitrogens with one attached hydrogen (secondary N) is 1. The Hall–Kier alpha value is -2.15. The molecule has 2 aromatic carbocycles. The molecule has 0 radical (unpaired) electrons. The monoisotopic (exact) mass is 436 g/mol. The maximum absolute atomic E-state index is 13.6. The molecule has 0 amide bonds. The Morgan fingerprint density at radius 2 is 1.87 bits per heavy atom. The quantitative estimate of drug-likeness (QED) is 0.431. The summed E-state index contributed by atoms with van der Waals surface area (Å²) in [5.74, 6) is 0. The van der Waals surface area contributed by atoms with Gasteiger partial charge in [0.2, 0.25) is 0 Å². The third-order valence-electron chi connectivity index (χ3n) is 4.93. The molecular formula is C23H24ClF3N2O. The Bertz CT molecular complexity index is 990. The summed E-state index contributed by atoms with van der Waals surface area (Å²) in [4.78, 5) is 4.33. The highest BCUT2D eigenvalue weighted by molar-refractivity contribution is 6.30. The van der Waals surface area contributed by atoms with Crippen LogP contribution in [0.5, 0.6) is 0 Å². The van der Waals surface area contributed by atoms with Gasteiger partial charge in [0.05, 0.1) is 17.2 Å². The van der Waals surface area contributed by atoms with Crippen molar-refractivity contribution in [1.82, 2.24) is 10.3 Å². The molecule has 160 valence electrons. The summed E-state index contributed by atoms with van der Waals surface area (Å²) in [5, 5.41) is 14.8. The molecule has 3 nitrogen and oxygen atoms in total. The number of nitrogens with zero attached hydrogens (tertiary/aromatic N) is 1. The van der Waals surface area contributed by atoms with E-state index in [0.717, 1.165) is 31.0 Å². The lowest BCUT2D eigenvalue weighted by Gasteiger charge is -2.18. The number of para-hydroxylation sites is 1. The van der Waals surface area contributed by atoms with Crippen LogP contribution in [0.25, 0.3) is 10.9 Å². The van der Waals surface area contributed by atoms with E-state index in [1.54, 1.807) is 24.3 Å². The van der Waals surface area contributed by atoms with Crippen molar-refractivity contribution in [2.24, 2.45) is 0 Å². The van der Waals surface area contributed by atoms with E-state index in [2.05, 4.69) is 17.2 Å². The second kappa shape index (κ2) is 9.77. The van der Waals surface area contributed by atoms with E-state index in [4.69, 9.17) is 11.6 Å². The number of halogens is 4. The van der Waals surface area contributed by atoms with Crippen molar-refractivity contribution < 1.29 is 18.3 Å². The van der Waals surface area contributed by atoms with Crippen molar-refractivity contribution in [1.29, 1.82) is 0 Å². The normalized spacial score (nSPS) is 13.0. The van der Waals surface area contributed by atoms with Gasteiger partial charge in [-0.1, -0.05) is 49.2 Å². The van der Waals surface area contributed by atoms with Crippen molar-refractivity contribution in [3.05, 3.63) is 75.9 Å². The molecule has 3 rings (SSSR count). The van der Waals surface area contributed by atoms with Crippen LogP contribution in [0.2, 0.25) is 5.02 Å². The summed E-state index contributed by atoms with van der Waals surface area (Å²) in [6.45, 7) is 3.06. The van der Waals surface area contributed by atoms with Gasteiger partial charge in [-0.05, 0) is 48.4 Å². The Morgan fingerprint density at radius 3 is 2.53 bits per heavy atom. The van der Waals surface area contributed by atoms with E-state index in [1.165, 1.54) is 6.07 Å². The summed E-state index contributed by atoms with van der Waals surface area (Å²) < 4.78 is 40.8. The number of alkyl halides is 3. The molecule has 0 aliphatic carbocycles. The topological polar surface area (TPSA) is 45.1 Å². The van der Waals surface area contributed by atoms with Gasteiger partial charge in [0.1, 0.15) is 0 Å². The highest BCUT2D eigenvalue weighted by Crippen LogP contribution is 2.36. The largest absolute Gasteiger partial charge is 0.418 e. The third kappa shape index (κ3) is 5.50. The molecule has 1 aromatic heterocycles. The van der Waals surface area contributed by atoms with Crippen molar-refractivity contribution in [3.8, 4) is 0 Å². The van der Waals surface area contributed by atoms with E-state index < -0.39 is 17.8 Å². The van der Waals surface area contributed by atoms with Crippen molar-refractivity contribution >= 4 is 22.5 Å². The van der Waals surface area contributed by atoms with E-state index in [0.29, 0.717) is 28.1 Å². The second-order valence-corrected chi connectivity index (χ2v) is 7.72. The molecule has 2 N–H and O–H groups in total. The molecule has 30 heavy (non-hydrogen) atoms. The Labute approximate surface area is 178 Å². The average molecular weight is 437 g/mol. The van der Waals surface area contributed by atoms with E-state index >= 15 is 0 Å². The van der Waals surface area contributed by atoms with Crippen LogP contribution in [-0.2, 0) is 12.6 Å². The zero-order chi connectivity index (χ0) is 21.7. The minimum atomic E-state index is -4.53. The molecular weight excluding hydrogens is 413 g/mol. The van der Waals surface area contributed by atoms with Crippen LogP contribution in [0.3, 0.4) is 0 Å². The number of hydrogen-bond acceptors (Lipinski definition) is 3. The molecule has 7 heteroatoms. The van der Waals surface area contributed by atoms with Gasteiger partial charge in [0.25, 0.3) is 0 Å². The van der Waals surface area contributed by atoms with Crippen molar-refractivity contribution in [3.63, 3.8) is 0 Å². The van der Waals surface area contributed by atoms with Crippen LogP contribution in [0.15, 0.2) is 48.5 Å². The number of aliphatic hydroxyl groups excluding tert-OH is 1. The lowest BCUT2D eigenvalue weighted by atomic mass is 9.98. The van der Waals surface area contributed by atoms with Gasteiger partial charge in [-0.2, -0.15) is 13.2 Å². The Kier molecular flexibility index (Phi) is 7.34. The van der Waals surface area contributed by atoms with Crippen LogP contribution in [0.4, 0.5) is 13.2 Å². The summed E-state index contributed by atoms with van der Waals surface area (Å²) in [6, 6.07) is 12.7. The molecule has 3 aromatic rings. The first kappa shape index (κ1) is 22.5. The van der Waals surface area contributed by atoms with E-state index in [-0.39, 0.29) is 12.1 Å². The van der Waals surface area contributed by atoms with Gasteiger partial charge in [-0.3, -0.25) is 4.98 Å². The first-order valence-corrected chi connectivity index (χ1v) is 10.3. The Morgan fingerprint density at radius 1 is 1.13 bits per heavy atom. The van der Waals surface area contributed by atoms with Gasteiger partial charge in [0, 0.05) is 29.1 Å². The molecule has 1 atom stereocenters. The average Bonchev–Trinajstić information content (AvgIpc) is 2.71. The first-order valence-electron chi connectivity index (χ1n) is 9.92. The number of fused-ring (bicyclic) bond motifs is 1. The number of unbranched alkanes of at least 4 members (excludes halogenated alkanes) is 1. The summed E-state index contributed by atoms with van der Waals surface area (Å²) in [6.07, 6.45) is -3.17. The van der Waals surface area contributed by atoms with Gasteiger partial charge >= 0.3 is 6.18 Å². The zero-order valence-electron chi connectivity index (χ0n) is 16.6. The molecule has 0 saturated heterocycles. The molecule has 0 bridgehead atoms. The summed E-state index contributed by atoms with van der Waals surface area (Å²) in [7, 11) is 0. The minimum absolute atomic E-state index is 0.140. The second-order valence-electron chi connectivity index (χ2n) is 7.28. The molecule has 1 unspecified atom stereocenters. The smallest absolute Gasteiger partial charge is 0.387 e. The number of aliphatic hydroxyl groups is 1. The van der Waals surface area contributed by atoms with Gasteiger partial charge in [-0.15, -0.1) is 0 Å². The van der Waals surface area contributed by atoms with Crippen LogP contribution >= 0.6 is 11.6 Å². The fourth-order valence-electron chi connectivity index (χ4n) is 3.39. The standard InChI is InChI=1S/C23H24ClF3N2O/c1-2-3-11-28-14-21(30)19-13-17(12-15-7-9-16(24)10-8-15)29-22-18(19)5-4-6-20(22)23(25,26)27/h4-10,13,21,28,30H,2-3,11-12,14H2,1H3. The van der Waals surface area contributed by atoms with Gasteiger partial charge in [-0.25, -0.2) is 0 Å².